The van der Waals surface area contributed by atoms with Crippen LogP contribution in [0.15, 0.2) is 139 Å². The highest BCUT2D eigenvalue weighted by Gasteiger charge is 2.19. The van der Waals surface area contributed by atoms with E-state index in [0.717, 1.165) is 44.9 Å². The van der Waals surface area contributed by atoms with Crippen molar-refractivity contribution in [3.63, 3.8) is 0 Å². The average Bonchev–Trinajstić information content (AvgIpc) is 2.98. The number of aliphatic carboxylic acids is 1. The third-order valence-corrected chi connectivity index (χ3v) is 6.12. The van der Waals surface area contributed by atoms with Crippen molar-refractivity contribution in [2.24, 2.45) is 0 Å². The van der Waals surface area contributed by atoms with Gasteiger partial charge in [0.25, 0.3) is 0 Å². The van der Waals surface area contributed by atoms with Gasteiger partial charge in [-0.1, -0.05) is 115 Å². The van der Waals surface area contributed by atoms with Crippen molar-refractivity contribution in [2.45, 2.75) is 0 Å². The highest BCUT2D eigenvalue weighted by atomic mass is 16.5. The van der Waals surface area contributed by atoms with Crippen LogP contribution in [0.3, 0.4) is 0 Å². The van der Waals surface area contributed by atoms with Crippen LogP contribution in [0.25, 0.3) is 23.2 Å². The van der Waals surface area contributed by atoms with E-state index < -0.39 is 5.97 Å². The number of rotatable bonds is 6. The Labute approximate surface area is 221 Å². The zero-order chi connectivity index (χ0) is 26.3. The molecule has 38 heavy (non-hydrogen) atoms. The molecule has 0 unspecified atom stereocenters. The van der Waals surface area contributed by atoms with E-state index in [4.69, 9.17) is 10.00 Å². The average molecular weight is 494 g/mol. The summed E-state index contributed by atoms with van der Waals surface area (Å²) in [5.74, 6) is 0.244. The fraction of sp³-hybridized carbons (Fsp3) is 0. The van der Waals surface area contributed by atoms with E-state index in [9.17, 15) is 9.90 Å². The van der Waals surface area contributed by atoms with Crippen LogP contribution >= 0.6 is 0 Å². The molecule has 1 aliphatic rings. The third kappa shape index (κ3) is 5.38. The van der Waals surface area contributed by atoms with Crippen molar-refractivity contribution in [1.82, 2.24) is 0 Å². The molecule has 4 nitrogen and oxygen atoms in total. The van der Waals surface area contributed by atoms with Gasteiger partial charge in [0, 0.05) is 11.1 Å². The minimum Gasteiger partial charge on any atom is -0.477 e. The highest BCUT2D eigenvalue weighted by molar-refractivity contribution is 5.96. The van der Waals surface area contributed by atoms with E-state index in [0.29, 0.717) is 5.56 Å². The lowest BCUT2D eigenvalue weighted by molar-refractivity contribution is -0.132. The Morgan fingerprint density at radius 3 is 1.63 bits per heavy atom. The van der Waals surface area contributed by atoms with Gasteiger partial charge in [-0.25, -0.2) is 4.79 Å². The molecule has 0 radical (unpaired) electrons. The summed E-state index contributed by atoms with van der Waals surface area (Å²) in [7, 11) is 0. The van der Waals surface area contributed by atoms with Crippen LogP contribution in [0.5, 0.6) is 0 Å². The van der Waals surface area contributed by atoms with Gasteiger partial charge in [-0.2, -0.15) is 5.26 Å². The van der Waals surface area contributed by atoms with Crippen LogP contribution in [-0.2, 0) is 9.53 Å². The molecule has 4 aromatic rings. The molecule has 4 aromatic carbocycles. The number of allylic oxidation sites excluding steroid dienone is 3. The summed E-state index contributed by atoms with van der Waals surface area (Å²) in [6.07, 6.45) is 5.48. The van der Waals surface area contributed by atoms with Gasteiger partial charge in [-0.15, -0.1) is 0 Å². The Hall–Kier alpha value is -5.40. The molecule has 0 bridgehead atoms. The smallest absolute Gasteiger partial charge is 0.346 e. The molecule has 0 fully saturated rings. The first-order valence-electron chi connectivity index (χ1n) is 12.1. The number of nitriles is 1. The first-order chi connectivity index (χ1) is 18.6. The summed E-state index contributed by atoms with van der Waals surface area (Å²) in [5.41, 5.74) is 6.23. The Morgan fingerprint density at radius 1 is 0.684 bits per heavy atom. The first-order valence-corrected chi connectivity index (χ1v) is 12.1. The summed E-state index contributed by atoms with van der Waals surface area (Å²) in [4.78, 5) is 11.3. The third-order valence-electron chi connectivity index (χ3n) is 6.12. The maximum atomic E-state index is 11.3. The van der Waals surface area contributed by atoms with Crippen molar-refractivity contribution in [3.05, 3.63) is 166 Å². The predicted octanol–water partition coefficient (Wildman–Crippen LogP) is 7.59. The van der Waals surface area contributed by atoms with Gasteiger partial charge >= 0.3 is 5.97 Å². The molecule has 0 aromatic heterocycles. The maximum Gasteiger partial charge on any atom is 0.346 e. The second kappa shape index (κ2) is 11.1. The number of hydrogen-bond donors (Lipinski definition) is 1. The van der Waals surface area contributed by atoms with Crippen LogP contribution in [0.4, 0.5) is 0 Å². The molecular formula is C34H23NO3. The Kier molecular flexibility index (Phi) is 7.11. The van der Waals surface area contributed by atoms with Crippen LogP contribution in [0.2, 0.25) is 0 Å². The SMILES string of the molecule is N#C/C(=C/c1ccc(C(=C2C=C(c3ccccc3)OC(c3ccccc3)=C2)c2ccccc2)cc1)C(=O)O. The molecule has 1 heterocycles. The number of ether oxygens (including phenoxy) is 1. The van der Waals surface area contributed by atoms with Crippen LogP contribution in [0, 0.1) is 11.3 Å². The van der Waals surface area contributed by atoms with Crippen molar-refractivity contribution >= 4 is 29.1 Å². The molecular weight excluding hydrogens is 470 g/mol. The van der Waals surface area contributed by atoms with Gasteiger partial charge in [0.2, 0.25) is 0 Å². The fourth-order valence-electron chi connectivity index (χ4n) is 4.29. The number of hydrogen-bond acceptors (Lipinski definition) is 3. The van der Waals surface area contributed by atoms with Gasteiger partial charge in [-0.05, 0) is 46.1 Å². The molecule has 0 amide bonds. The Balaban J connectivity index is 1.71. The molecule has 182 valence electrons. The van der Waals surface area contributed by atoms with E-state index in [-0.39, 0.29) is 5.57 Å². The number of benzene rings is 4. The van der Waals surface area contributed by atoms with E-state index in [1.807, 2.05) is 103 Å². The van der Waals surface area contributed by atoms with Gasteiger partial charge in [0.1, 0.15) is 23.2 Å². The molecule has 0 saturated heterocycles. The van der Waals surface area contributed by atoms with Gasteiger partial charge < -0.3 is 9.84 Å². The summed E-state index contributed by atoms with van der Waals surface area (Å²) < 4.78 is 6.40. The zero-order valence-electron chi connectivity index (χ0n) is 20.4. The van der Waals surface area contributed by atoms with E-state index in [1.165, 1.54) is 6.08 Å². The topological polar surface area (TPSA) is 70.3 Å². The predicted molar refractivity (Wildman–Crippen MR) is 150 cm³/mol. The molecule has 5 rings (SSSR count). The normalized spacial score (nSPS) is 13.0. The van der Waals surface area contributed by atoms with E-state index in [1.54, 1.807) is 6.07 Å². The van der Waals surface area contributed by atoms with E-state index >= 15 is 0 Å². The van der Waals surface area contributed by atoms with Gasteiger partial charge in [0.05, 0.1) is 0 Å². The molecule has 0 aliphatic carbocycles. The molecule has 0 atom stereocenters. The van der Waals surface area contributed by atoms with E-state index in [2.05, 4.69) is 24.3 Å². The Morgan fingerprint density at radius 2 is 1.16 bits per heavy atom. The van der Waals surface area contributed by atoms with Crippen LogP contribution in [-0.4, -0.2) is 11.1 Å². The van der Waals surface area contributed by atoms with Crippen LogP contribution < -0.4 is 0 Å². The first kappa shape index (κ1) is 24.3. The fourth-order valence-corrected chi connectivity index (χ4v) is 4.29. The Bertz CT molecular complexity index is 1560. The quantitative estimate of drug-likeness (QED) is 0.222. The summed E-state index contributed by atoms with van der Waals surface area (Å²) in [5, 5.41) is 18.3. The lowest BCUT2D eigenvalue weighted by Gasteiger charge is -2.21. The molecule has 1 aliphatic heterocycles. The van der Waals surface area contributed by atoms with Gasteiger partial charge in [-0.3, -0.25) is 0 Å². The summed E-state index contributed by atoms with van der Waals surface area (Å²) in [6.45, 7) is 0. The lowest BCUT2D eigenvalue weighted by Crippen LogP contribution is -2.02. The second-order valence-corrected chi connectivity index (χ2v) is 8.64. The maximum absolute atomic E-state index is 11.3. The van der Waals surface area contributed by atoms with Crippen molar-refractivity contribution < 1.29 is 14.6 Å². The molecule has 0 spiro atoms. The monoisotopic (exact) mass is 493 g/mol. The highest BCUT2D eigenvalue weighted by Crippen LogP contribution is 2.37. The largest absolute Gasteiger partial charge is 0.477 e. The van der Waals surface area contributed by atoms with Crippen LogP contribution in [0.1, 0.15) is 27.8 Å². The number of nitrogens with zero attached hydrogens (tertiary/aromatic N) is 1. The number of carbonyl (C=O) groups is 1. The van der Waals surface area contributed by atoms with Gasteiger partial charge in [0.15, 0.2) is 0 Å². The summed E-state index contributed by atoms with van der Waals surface area (Å²) >= 11 is 0. The van der Waals surface area contributed by atoms with Crippen molar-refractivity contribution in [2.75, 3.05) is 0 Å². The van der Waals surface area contributed by atoms with Crippen molar-refractivity contribution in [3.8, 4) is 6.07 Å². The van der Waals surface area contributed by atoms with Crippen molar-refractivity contribution in [1.29, 1.82) is 5.26 Å². The minimum absolute atomic E-state index is 0.310. The number of carboxylic acid groups (broad SMARTS) is 1. The standard InChI is InChI=1S/C34H23NO3/c35-23-30(34(36)37)20-24-16-18-28(19-17-24)33(27-14-8-3-9-15-27)29-21-31(25-10-4-1-5-11-25)38-32(22-29)26-12-6-2-7-13-26/h1-22H,(H,36,37)/b30-20-. The second-order valence-electron chi connectivity index (χ2n) is 8.64. The minimum atomic E-state index is -1.25. The molecule has 0 saturated carbocycles. The molecule has 1 N–H and O–H groups in total. The summed E-state index contributed by atoms with van der Waals surface area (Å²) in [6, 6.07) is 39.4. The lowest BCUT2D eigenvalue weighted by atomic mass is 9.90. The molecule has 4 heteroatoms. The number of carboxylic acids is 1. The zero-order valence-corrected chi connectivity index (χ0v) is 20.4.